The van der Waals surface area contributed by atoms with Gasteiger partial charge in [-0.05, 0) is 37.1 Å². The molecule has 1 aromatic carbocycles. The summed E-state index contributed by atoms with van der Waals surface area (Å²) in [6.07, 6.45) is 5.51. The number of aromatic nitrogens is 3. The number of nitrogens with zero attached hydrogens (tertiary/aromatic N) is 3. The first kappa shape index (κ1) is 12.7. The van der Waals surface area contributed by atoms with Crippen molar-refractivity contribution in [1.29, 1.82) is 0 Å². The van der Waals surface area contributed by atoms with Crippen LogP contribution in [0.3, 0.4) is 0 Å². The fourth-order valence-corrected chi connectivity index (χ4v) is 2.50. The molecule has 3 rings (SSSR count). The van der Waals surface area contributed by atoms with Crippen LogP contribution in [0.1, 0.15) is 23.1 Å². The molecule has 0 aliphatic rings. The molecule has 0 aliphatic heterocycles. The van der Waals surface area contributed by atoms with E-state index in [-0.39, 0.29) is 6.04 Å². The molecule has 3 aromatic rings. The maximum Gasteiger partial charge on any atom is 0.125 e. The third-order valence-corrected chi connectivity index (χ3v) is 3.41. The number of nitrogens with one attached hydrogen (secondary N) is 1. The molecule has 100 valence electrons. The summed E-state index contributed by atoms with van der Waals surface area (Å²) < 4.78 is 0. The first-order valence-electron chi connectivity index (χ1n) is 6.59. The maximum atomic E-state index is 4.54. The summed E-state index contributed by atoms with van der Waals surface area (Å²) in [6, 6.07) is 10.3. The molecule has 0 fully saturated rings. The Labute approximate surface area is 117 Å². The van der Waals surface area contributed by atoms with E-state index in [1.165, 1.54) is 10.9 Å². The van der Waals surface area contributed by atoms with Crippen molar-refractivity contribution in [3.63, 3.8) is 0 Å². The normalized spacial score (nSPS) is 12.5. The van der Waals surface area contributed by atoms with Crippen LogP contribution in [0.4, 0.5) is 0 Å². The quantitative estimate of drug-likeness (QED) is 0.790. The minimum absolute atomic E-state index is 0.0443. The lowest BCUT2D eigenvalue weighted by Gasteiger charge is -2.18. The zero-order valence-corrected chi connectivity index (χ0v) is 11.5. The summed E-state index contributed by atoms with van der Waals surface area (Å²) in [5, 5.41) is 5.67. The van der Waals surface area contributed by atoms with E-state index in [4.69, 9.17) is 0 Å². The fourth-order valence-electron chi connectivity index (χ4n) is 2.50. The Morgan fingerprint density at radius 3 is 2.80 bits per heavy atom. The lowest BCUT2D eigenvalue weighted by molar-refractivity contribution is 0.669. The van der Waals surface area contributed by atoms with Gasteiger partial charge in [0.15, 0.2) is 0 Å². The summed E-state index contributed by atoms with van der Waals surface area (Å²) in [5.41, 5.74) is 2.18. The van der Waals surface area contributed by atoms with Gasteiger partial charge in [-0.3, -0.25) is 4.98 Å². The first-order chi connectivity index (χ1) is 9.79. The van der Waals surface area contributed by atoms with Gasteiger partial charge in [-0.25, -0.2) is 9.97 Å². The number of hydrogen-bond acceptors (Lipinski definition) is 4. The van der Waals surface area contributed by atoms with E-state index >= 15 is 0 Å². The van der Waals surface area contributed by atoms with Crippen molar-refractivity contribution in [3.05, 3.63) is 66.0 Å². The van der Waals surface area contributed by atoms with E-state index in [1.807, 2.05) is 38.5 Å². The van der Waals surface area contributed by atoms with E-state index in [0.717, 1.165) is 16.9 Å². The molecule has 1 atom stereocenters. The maximum absolute atomic E-state index is 4.54. The predicted molar refractivity (Wildman–Crippen MR) is 79.4 cm³/mol. The van der Waals surface area contributed by atoms with E-state index in [9.17, 15) is 0 Å². The predicted octanol–water partition coefficient (Wildman–Crippen LogP) is 2.64. The number of pyridine rings is 1. The number of aryl methyl sites for hydroxylation is 1. The van der Waals surface area contributed by atoms with Crippen LogP contribution in [-0.4, -0.2) is 22.0 Å². The molecule has 0 radical (unpaired) electrons. The van der Waals surface area contributed by atoms with Gasteiger partial charge in [0.25, 0.3) is 0 Å². The molecule has 0 bridgehead atoms. The highest BCUT2D eigenvalue weighted by molar-refractivity contribution is 5.85. The van der Waals surface area contributed by atoms with Crippen LogP contribution in [0.5, 0.6) is 0 Å². The summed E-state index contributed by atoms with van der Waals surface area (Å²) in [6.45, 7) is 1.91. The first-order valence-corrected chi connectivity index (χ1v) is 6.59. The van der Waals surface area contributed by atoms with Gasteiger partial charge in [0, 0.05) is 24.0 Å². The molecule has 1 N–H and O–H groups in total. The van der Waals surface area contributed by atoms with Gasteiger partial charge >= 0.3 is 0 Å². The molecule has 2 aromatic heterocycles. The molecule has 0 saturated carbocycles. The minimum Gasteiger partial charge on any atom is -0.308 e. The van der Waals surface area contributed by atoms with Crippen molar-refractivity contribution in [3.8, 4) is 0 Å². The Balaban J connectivity index is 2.17. The van der Waals surface area contributed by atoms with E-state index in [2.05, 4.69) is 38.5 Å². The van der Waals surface area contributed by atoms with E-state index in [1.54, 1.807) is 6.20 Å². The van der Waals surface area contributed by atoms with Crippen LogP contribution in [0.25, 0.3) is 10.8 Å². The summed E-state index contributed by atoms with van der Waals surface area (Å²) in [7, 11) is 1.95. The fraction of sp³-hybridized carbons (Fsp3) is 0.188. The molecule has 2 heterocycles. The Hall–Kier alpha value is -2.33. The second-order valence-corrected chi connectivity index (χ2v) is 4.69. The smallest absolute Gasteiger partial charge is 0.125 e. The third-order valence-electron chi connectivity index (χ3n) is 3.41. The highest BCUT2D eigenvalue weighted by Crippen LogP contribution is 2.27. The number of fused-ring (bicyclic) bond motifs is 1. The van der Waals surface area contributed by atoms with Crippen LogP contribution in [0, 0.1) is 6.92 Å². The van der Waals surface area contributed by atoms with Gasteiger partial charge < -0.3 is 5.32 Å². The zero-order valence-electron chi connectivity index (χ0n) is 11.5. The standard InChI is InChI=1S/C16H16N4/c1-11-19-9-7-15(20-11)16(17-2)14-5-3-4-12-10-18-8-6-13(12)14/h3-10,16-17H,1-2H3. The molecular formula is C16H16N4. The van der Waals surface area contributed by atoms with Crippen molar-refractivity contribution in [2.24, 2.45) is 0 Å². The molecule has 4 nitrogen and oxygen atoms in total. The monoisotopic (exact) mass is 264 g/mol. The highest BCUT2D eigenvalue weighted by atomic mass is 14.9. The summed E-state index contributed by atoms with van der Waals surface area (Å²) >= 11 is 0. The number of rotatable bonds is 3. The van der Waals surface area contributed by atoms with Crippen LogP contribution in [0.2, 0.25) is 0 Å². The Morgan fingerprint density at radius 2 is 2.00 bits per heavy atom. The molecule has 1 unspecified atom stereocenters. The molecule has 0 saturated heterocycles. The van der Waals surface area contributed by atoms with Gasteiger partial charge in [0.1, 0.15) is 5.82 Å². The van der Waals surface area contributed by atoms with E-state index in [0.29, 0.717) is 0 Å². The average molecular weight is 264 g/mol. The SMILES string of the molecule is CNC(c1ccnc(C)n1)c1cccc2cnccc12. The van der Waals surface area contributed by atoms with Crippen molar-refractivity contribution in [2.75, 3.05) is 7.05 Å². The van der Waals surface area contributed by atoms with Gasteiger partial charge in [0.05, 0.1) is 11.7 Å². The highest BCUT2D eigenvalue weighted by Gasteiger charge is 2.16. The van der Waals surface area contributed by atoms with Crippen molar-refractivity contribution in [2.45, 2.75) is 13.0 Å². The van der Waals surface area contributed by atoms with Crippen molar-refractivity contribution < 1.29 is 0 Å². The van der Waals surface area contributed by atoms with Crippen LogP contribution in [-0.2, 0) is 0 Å². The Morgan fingerprint density at radius 1 is 1.10 bits per heavy atom. The average Bonchev–Trinajstić information content (AvgIpc) is 2.48. The van der Waals surface area contributed by atoms with Crippen molar-refractivity contribution in [1.82, 2.24) is 20.3 Å². The van der Waals surface area contributed by atoms with E-state index < -0.39 is 0 Å². The van der Waals surface area contributed by atoms with Gasteiger partial charge in [0.2, 0.25) is 0 Å². The molecule has 0 spiro atoms. The Kier molecular flexibility index (Phi) is 3.39. The molecular weight excluding hydrogens is 248 g/mol. The molecule has 0 amide bonds. The second kappa shape index (κ2) is 5.35. The van der Waals surface area contributed by atoms with Crippen LogP contribution in [0.15, 0.2) is 48.9 Å². The minimum atomic E-state index is 0.0443. The summed E-state index contributed by atoms with van der Waals surface area (Å²) in [5.74, 6) is 0.782. The molecule has 20 heavy (non-hydrogen) atoms. The van der Waals surface area contributed by atoms with Crippen molar-refractivity contribution >= 4 is 10.8 Å². The van der Waals surface area contributed by atoms with Gasteiger partial charge in [-0.15, -0.1) is 0 Å². The lowest BCUT2D eigenvalue weighted by atomic mass is 9.98. The van der Waals surface area contributed by atoms with Crippen LogP contribution >= 0.6 is 0 Å². The topological polar surface area (TPSA) is 50.7 Å². The van der Waals surface area contributed by atoms with Crippen LogP contribution < -0.4 is 5.32 Å². The largest absolute Gasteiger partial charge is 0.308 e. The zero-order chi connectivity index (χ0) is 13.9. The summed E-state index contributed by atoms with van der Waals surface area (Å²) in [4.78, 5) is 12.9. The number of benzene rings is 1. The Bertz CT molecular complexity index is 734. The molecule has 4 heteroatoms. The van der Waals surface area contributed by atoms with Gasteiger partial charge in [-0.2, -0.15) is 0 Å². The molecule has 0 aliphatic carbocycles. The second-order valence-electron chi connectivity index (χ2n) is 4.69. The lowest BCUT2D eigenvalue weighted by Crippen LogP contribution is -2.19. The third kappa shape index (κ3) is 2.26. The van der Waals surface area contributed by atoms with Gasteiger partial charge in [-0.1, -0.05) is 18.2 Å². The number of hydrogen-bond donors (Lipinski definition) is 1.